The smallest absolute Gasteiger partial charge is 0.253 e. The Morgan fingerprint density at radius 1 is 0.925 bits per heavy atom. The minimum absolute atomic E-state index is 0.0822. The van der Waals surface area contributed by atoms with Crippen molar-refractivity contribution in [2.45, 2.75) is 20.3 Å². The molecule has 1 N–H and O–H groups in total. The van der Waals surface area contributed by atoms with E-state index in [4.69, 9.17) is 16.0 Å². The molecule has 4 aromatic rings. The number of carbonyl (C=O) groups is 2. The average Bonchev–Trinajstić information content (AvgIpc) is 3.47. The van der Waals surface area contributed by atoms with E-state index in [-0.39, 0.29) is 11.8 Å². The molecule has 40 heavy (non-hydrogen) atoms. The van der Waals surface area contributed by atoms with Gasteiger partial charge in [-0.05, 0) is 85.1 Å². The van der Waals surface area contributed by atoms with Crippen molar-refractivity contribution in [2.75, 3.05) is 36.4 Å². The van der Waals surface area contributed by atoms with Crippen LogP contribution >= 0.6 is 11.6 Å². The molecule has 0 spiro atoms. The van der Waals surface area contributed by atoms with E-state index >= 15 is 0 Å². The summed E-state index contributed by atoms with van der Waals surface area (Å²) in [7, 11) is 0. The number of halogens is 1. The lowest BCUT2D eigenvalue weighted by Crippen LogP contribution is -2.48. The molecule has 1 aliphatic heterocycles. The first-order chi connectivity index (χ1) is 19.4. The number of nitrogens with zero attached hydrogens (tertiary/aromatic N) is 2. The molecule has 0 unspecified atom stereocenters. The lowest BCUT2D eigenvalue weighted by molar-refractivity contribution is -0.111. The third-order valence-electron chi connectivity index (χ3n) is 7.16. The first-order valence-corrected chi connectivity index (χ1v) is 13.9. The topological polar surface area (TPSA) is 65.8 Å². The van der Waals surface area contributed by atoms with E-state index in [2.05, 4.69) is 17.1 Å². The van der Waals surface area contributed by atoms with Gasteiger partial charge in [0.05, 0.1) is 0 Å². The summed E-state index contributed by atoms with van der Waals surface area (Å²) in [6, 6.07) is 25.1. The molecule has 1 aliphatic rings. The molecule has 1 aromatic heterocycles. The number of anilines is 2. The zero-order valence-electron chi connectivity index (χ0n) is 22.7. The molecule has 5 rings (SSSR count). The Bertz CT molecular complexity index is 1520. The number of rotatable bonds is 7. The number of hydrogen-bond donors (Lipinski definition) is 1. The second kappa shape index (κ2) is 12.3. The minimum atomic E-state index is -0.247. The van der Waals surface area contributed by atoms with Crippen LogP contribution in [0.2, 0.25) is 5.02 Å². The Labute approximate surface area is 239 Å². The van der Waals surface area contributed by atoms with Crippen molar-refractivity contribution >= 4 is 40.9 Å². The molecule has 0 atom stereocenters. The van der Waals surface area contributed by atoms with Crippen LogP contribution in [0.1, 0.15) is 34.2 Å². The maximum absolute atomic E-state index is 12.9. The number of aryl methyl sites for hydroxylation is 2. The average molecular weight is 554 g/mol. The van der Waals surface area contributed by atoms with E-state index < -0.39 is 0 Å². The molecule has 2 heterocycles. The van der Waals surface area contributed by atoms with E-state index in [1.54, 1.807) is 6.08 Å². The van der Waals surface area contributed by atoms with Crippen molar-refractivity contribution in [3.8, 4) is 11.3 Å². The molecular weight excluding hydrogens is 522 g/mol. The second-order valence-electron chi connectivity index (χ2n) is 9.87. The van der Waals surface area contributed by atoms with Crippen molar-refractivity contribution in [3.05, 3.63) is 112 Å². The summed E-state index contributed by atoms with van der Waals surface area (Å²) in [6.07, 6.45) is 4.05. The van der Waals surface area contributed by atoms with Crippen LogP contribution in [-0.4, -0.2) is 42.9 Å². The highest BCUT2D eigenvalue weighted by atomic mass is 35.5. The molecule has 0 saturated carbocycles. The standard InChI is InChI=1S/C33H32ClN3O3/c1-3-24-5-8-25(9-6-24)33(39)37-20-18-36(19-21-37)28-12-10-27(11-13-28)35-32(38)17-15-29-14-16-31(40-29)26-7-4-23(2)30(34)22-26/h4-17,22H,3,18-21H2,1-2H3,(H,35,38)/b17-15+. The fourth-order valence-electron chi connectivity index (χ4n) is 4.67. The minimum Gasteiger partial charge on any atom is -0.457 e. The molecule has 7 heteroatoms. The number of carbonyl (C=O) groups excluding carboxylic acids is 2. The van der Waals surface area contributed by atoms with Gasteiger partial charge in [-0.25, -0.2) is 0 Å². The van der Waals surface area contributed by atoms with Crippen molar-refractivity contribution in [3.63, 3.8) is 0 Å². The summed E-state index contributed by atoms with van der Waals surface area (Å²) >= 11 is 6.22. The fraction of sp³-hybridized carbons (Fsp3) is 0.212. The number of benzene rings is 3. The second-order valence-corrected chi connectivity index (χ2v) is 10.3. The predicted molar refractivity (Wildman–Crippen MR) is 162 cm³/mol. The predicted octanol–water partition coefficient (Wildman–Crippen LogP) is 7.09. The van der Waals surface area contributed by atoms with Crippen molar-refractivity contribution in [1.82, 2.24) is 4.90 Å². The van der Waals surface area contributed by atoms with Gasteiger partial charge in [-0.1, -0.05) is 42.8 Å². The van der Waals surface area contributed by atoms with Crippen molar-refractivity contribution in [2.24, 2.45) is 0 Å². The molecule has 0 aliphatic carbocycles. The Hall–Kier alpha value is -4.29. The monoisotopic (exact) mass is 553 g/mol. The number of piperazine rings is 1. The van der Waals surface area contributed by atoms with Gasteiger partial charge < -0.3 is 19.5 Å². The molecule has 2 amide bonds. The molecule has 3 aromatic carbocycles. The molecule has 6 nitrogen and oxygen atoms in total. The van der Waals surface area contributed by atoms with Crippen molar-refractivity contribution < 1.29 is 14.0 Å². The molecule has 204 valence electrons. The molecule has 0 bridgehead atoms. The number of nitrogens with one attached hydrogen (secondary N) is 1. The Balaban J connectivity index is 1.12. The normalized spacial score (nSPS) is 13.6. The Kier molecular flexibility index (Phi) is 8.37. The summed E-state index contributed by atoms with van der Waals surface area (Å²) in [5.74, 6) is 1.10. The van der Waals surface area contributed by atoms with E-state index in [1.807, 2.05) is 90.7 Å². The van der Waals surface area contributed by atoms with Crippen LogP contribution in [0.3, 0.4) is 0 Å². The van der Waals surface area contributed by atoms with Gasteiger partial charge in [0.25, 0.3) is 5.91 Å². The number of furan rings is 1. The summed E-state index contributed by atoms with van der Waals surface area (Å²) in [5, 5.41) is 3.57. The number of amides is 2. The van der Waals surface area contributed by atoms with Crippen LogP contribution in [0, 0.1) is 6.92 Å². The highest BCUT2D eigenvalue weighted by Gasteiger charge is 2.22. The Morgan fingerprint density at radius 2 is 1.65 bits per heavy atom. The molecular formula is C33H32ClN3O3. The van der Waals surface area contributed by atoms with Gasteiger partial charge in [0.15, 0.2) is 0 Å². The van der Waals surface area contributed by atoms with E-state index in [0.717, 1.165) is 41.9 Å². The highest BCUT2D eigenvalue weighted by molar-refractivity contribution is 6.31. The van der Waals surface area contributed by atoms with Gasteiger partial charge in [-0.15, -0.1) is 0 Å². The summed E-state index contributed by atoms with van der Waals surface area (Å²) in [5.41, 5.74) is 5.63. The van der Waals surface area contributed by atoms with Gasteiger partial charge in [-0.3, -0.25) is 9.59 Å². The third-order valence-corrected chi connectivity index (χ3v) is 7.57. The summed E-state index contributed by atoms with van der Waals surface area (Å²) in [4.78, 5) is 29.5. The summed E-state index contributed by atoms with van der Waals surface area (Å²) in [6.45, 7) is 6.91. The lowest BCUT2D eigenvalue weighted by Gasteiger charge is -2.36. The van der Waals surface area contributed by atoms with Gasteiger partial charge in [0.1, 0.15) is 11.5 Å². The maximum atomic E-state index is 12.9. The zero-order chi connectivity index (χ0) is 28.1. The Morgan fingerprint density at radius 3 is 2.33 bits per heavy atom. The molecule has 1 fully saturated rings. The van der Waals surface area contributed by atoms with Gasteiger partial charge in [-0.2, -0.15) is 0 Å². The van der Waals surface area contributed by atoms with Crippen LogP contribution in [0.4, 0.5) is 11.4 Å². The van der Waals surface area contributed by atoms with Crippen LogP contribution < -0.4 is 10.2 Å². The maximum Gasteiger partial charge on any atom is 0.253 e. The van der Waals surface area contributed by atoms with Crippen LogP contribution in [-0.2, 0) is 11.2 Å². The largest absolute Gasteiger partial charge is 0.457 e. The lowest BCUT2D eigenvalue weighted by atomic mass is 10.1. The molecule has 1 saturated heterocycles. The summed E-state index contributed by atoms with van der Waals surface area (Å²) < 4.78 is 5.85. The van der Waals surface area contributed by atoms with Crippen LogP contribution in [0.15, 0.2) is 89.4 Å². The van der Waals surface area contributed by atoms with E-state index in [0.29, 0.717) is 35.3 Å². The van der Waals surface area contributed by atoms with Crippen LogP contribution in [0.5, 0.6) is 0 Å². The van der Waals surface area contributed by atoms with Crippen molar-refractivity contribution in [1.29, 1.82) is 0 Å². The SMILES string of the molecule is CCc1ccc(C(=O)N2CCN(c3ccc(NC(=O)/C=C/c4ccc(-c5ccc(C)c(Cl)c5)o4)cc3)CC2)cc1. The first kappa shape index (κ1) is 27.3. The van der Waals surface area contributed by atoms with Gasteiger partial charge >= 0.3 is 0 Å². The van der Waals surface area contributed by atoms with Gasteiger partial charge in [0, 0.05) is 59.8 Å². The fourth-order valence-corrected chi connectivity index (χ4v) is 4.85. The quantitative estimate of drug-likeness (QED) is 0.248. The van der Waals surface area contributed by atoms with Crippen LogP contribution in [0.25, 0.3) is 17.4 Å². The van der Waals surface area contributed by atoms with E-state index in [1.165, 1.54) is 11.6 Å². The van der Waals surface area contributed by atoms with E-state index in [9.17, 15) is 9.59 Å². The third kappa shape index (κ3) is 6.46. The van der Waals surface area contributed by atoms with Gasteiger partial charge in [0.2, 0.25) is 5.91 Å². The highest BCUT2D eigenvalue weighted by Crippen LogP contribution is 2.27. The zero-order valence-corrected chi connectivity index (χ0v) is 23.4. The number of hydrogen-bond acceptors (Lipinski definition) is 4. The first-order valence-electron chi connectivity index (χ1n) is 13.5. The molecule has 0 radical (unpaired) electrons.